The lowest BCUT2D eigenvalue weighted by molar-refractivity contribution is 0.629. The first-order valence-electron chi connectivity index (χ1n) is 14.7. The Balaban J connectivity index is 1.36. The van der Waals surface area contributed by atoms with E-state index in [4.69, 9.17) is 9.51 Å². The summed E-state index contributed by atoms with van der Waals surface area (Å²) in [4.78, 5) is 4.92. The third-order valence-corrected chi connectivity index (χ3v) is 9.50. The smallest absolute Gasteiger partial charge is 0.150 e. The third-order valence-electron chi connectivity index (χ3n) is 7.57. The Bertz CT molecular complexity index is 1890. The van der Waals surface area contributed by atoms with Gasteiger partial charge in [-0.15, -0.1) is 0 Å². The Labute approximate surface area is 259 Å². The highest BCUT2D eigenvalue weighted by atomic mass is 31.1. The van der Waals surface area contributed by atoms with Crippen LogP contribution < -0.4 is 15.1 Å². The molecule has 0 amide bonds. The second kappa shape index (κ2) is 12.6. The van der Waals surface area contributed by atoms with Crippen LogP contribution in [0.3, 0.4) is 0 Å². The van der Waals surface area contributed by atoms with Crippen LogP contribution in [0.4, 0.5) is 0 Å². The zero-order valence-electron chi connectivity index (χ0n) is 24.4. The van der Waals surface area contributed by atoms with Crippen LogP contribution in [0.25, 0.3) is 39.3 Å². The molecule has 1 heterocycles. The van der Waals surface area contributed by atoms with Gasteiger partial charge in [-0.3, -0.25) is 4.57 Å². The van der Waals surface area contributed by atoms with E-state index in [9.17, 15) is 0 Å². The first kappa shape index (κ1) is 27.6. The van der Waals surface area contributed by atoms with E-state index in [-0.39, 0.29) is 0 Å². The molecule has 44 heavy (non-hydrogen) atoms. The second-order valence-electron chi connectivity index (χ2n) is 10.6. The van der Waals surface area contributed by atoms with Crippen molar-refractivity contribution in [3.05, 3.63) is 176 Å². The average Bonchev–Trinajstić information content (AvgIpc) is 3.58. The van der Waals surface area contributed by atoms with Crippen LogP contribution >= 0.6 is 8.15 Å². The van der Waals surface area contributed by atoms with Gasteiger partial charge in [0, 0.05) is 39.7 Å². The normalized spacial score (nSPS) is 11.0. The summed E-state index contributed by atoms with van der Waals surface area (Å²) in [5.74, 6) is 1.69. The number of aromatic nitrogens is 2. The molecule has 0 unspecified atom stereocenters. The van der Waals surface area contributed by atoms with Crippen molar-refractivity contribution in [2.45, 2.75) is 6.92 Å². The number of imidazole rings is 1. The van der Waals surface area contributed by atoms with Crippen molar-refractivity contribution in [3.63, 3.8) is 0 Å². The summed E-state index contributed by atoms with van der Waals surface area (Å²) in [5, 5.41) is 2.34. The van der Waals surface area contributed by atoms with Crippen LogP contribution in [-0.4, -0.2) is 9.55 Å². The van der Waals surface area contributed by atoms with Crippen molar-refractivity contribution < 1.29 is 4.52 Å². The van der Waals surface area contributed by atoms with E-state index in [0.717, 1.165) is 50.6 Å². The Morgan fingerprint density at radius 3 is 1.61 bits per heavy atom. The molecule has 0 aliphatic carbocycles. The quantitative estimate of drug-likeness (QED) is 0.166. The maximum atomic E-state index is 6.87. The molecule has 0 saturated heterocycles. The lowest BCUT2D eigenvalue weighted by Crippen LogP contribution is -2.15. The van der Waals surface area contributed by atoms with Gasteiger partial charge in [-0.25, -0.2) is 4.98 Å². The molecule has 1 aromatic heterocycles. The van der Waals surface area contributed by atoms with Crippen molar-refractivity contribution in [2.24, 2.45) is 0 Å². The summed E-state index contributed by atoms with van der Waals surface area (Å²) < 4.78 is 9.09. The minimum Gasteiger partial charge on any atom is -0.464 e. The molecule has 7 aromatic rings. The molecule has 6 aromatic carbocycles. The van der Waals surface area contributed by atoms with Gasteiger partial charge in [0.2, 0.25) is 0 Å². The molecular weight excluding hydrogens is 555 g/mol. The van der Waals surface area contributed by atoms with Gasteiger partial charge in [0.1, 0.15) is 11.6 Å². The Kier molecular flexibility index (Phi) is 7.87. The molecule has 3 nitrogen and oxygen atoms in total. The van der Waals surface area contributed by atoms with E-state index >= 15 is 0 Å². The Morgan fingerprint density at radius 1 is 0.545 bits per heavy atom. The van der Waals surface area contributed by atoms with E-state index in [2.05, 4.69) is 163 Å². The first-order valence-corrected chi connectivity index (χ1v) is 16.0. The lowest BCUT2D eigenvalue weighted by atomic mass is 9.95. The highest BCUT2D eigenvalue weighted by Gasteiger charge is 2.20. The Hall–Kier alpha value is -5.24. The van der Waals surface area contributed by atoms with Gasteiger partial charge in [-0.2, -0.15) is 0 Å². The number of hydrogen-bond acceptors (Lipinski definition) is 2. The summed E-state index contributed by atoms with van der Waals surface area (Å²) in [6, 6.07) is 55.0. The molecule has 4 heteroatoms. The summed E-state index contributed by atoms with van der Waals surface area (Å²) in [6.07, 6.45) is 3.95. The van der Waals surface area contributed by atoms with E-state index in [1.54, 1.807) is 0 Å². The van der Waals surface area contributed by atoms with E-state index in [1.165, 1.54) is 10.6 Å². The molecule has 0 fully saturated rings. The minimum atomic E-state index is -1.06. The molecule has 0 aliphatic heterocycles. The highest BCUT2D eigenvalue weighted by Crippen LogP contribution is 2.41. The number of hydrogen-bond donors (Lipinski definition) is 0. The van der Waals surface area contributed by atoms with Gasteiger partial charge in [0.25, 0.3) is 0 Å². The van der Waals surface area contributed by atoms with Gasteiger partial charge in [0.05, 0.1) is 5.69 Å². The maximum Gasteiger partial charge on any atom is 0.150 e. The Morgan fingerprint density at radius 2 is 1.07 bits per heavy atom. The summed E-state index contributed by atoms with van der Waals surface area (Å²) in [7, 11) is -1.06. The van der Waals surface area contributed by atoms with E-state index < -0.39 is 8.15 Å². The summed E-state index contributed by atoms with van der Waals surface area (Å²) in [5.41, 5.74) is 7.82. The van der Waals surface area contributed by atoms with Crippen LogP contribution in [0.2, 0.25) is 0 Å². The topological polar surface area (TPSA) is 27.1 Å². The molecule has 0 radical (unpaired) electrons. The number of nitrogens with zero attached hydrogens (tertiary/aromatic N) is 2. The first-order chi connectivity index (χ1) is 21.7. The van der Waals surface area contributed by atoms with Gasteiger partial charge in [0.15, 0.2) is 8.15 Å². The van der Waals surface area contributed by atoms with Gasteiger partial charge in [-0.05, 0) is 41.8 Å². The van der Waals surface area contributed by atoms with Crippen LogP contribution in [0, 0.1) is 6.92 Å². The molecule has 0 spiro atoms. The molecule has 0 saturated carbocycles. The molecule has 0 N–H and O–H groups in total. The van der Waals surface area contributed by atoms with Crippen molar-refractivity contribution >= 4 is 18.8 Å². The number of para-hydroxylation sites is 1. The largest absolute Gasteiger partial charge is 0.464 e. The molecule has 212 valence electrons. The number of benzene rings is 6. The van der Waals surface area contributed by atoms with Gasteiger partial charge < -0.3 is 4.52 Å². The number of rotatable bonds is 8. The summed E-state index contributed by atoms with van der Waals surface area (Å²) >= 11 is 0. The fourth-order valence-corrected chi connectivity index (χ4v) is 7.33. The molecular formula is C40H31N2OP. The molecule has 0 atom stereocenters. The highest BCUT2D eigenvalue weighted by molar-refractivity contribution is 7.68. The van der Waals surface area contributed by atoms with Crippen molar-refractivity contribution in [1.29, 1.82) is 0 Å². The minimum absolute atomic E-state index is 0.827. The SMILES string of the molecule is Cc1cc(OP(c2ccccc2)c2ccccc2)cc(-c2nccn2-c2c(-c3ccccc3)cccc2-c2ccccc2)c1. The monoisotopic (exact) mass is 586 g/mol. The number of aryl methyl sites for hydroxylation is 1. The molecule has 7 rings (SSSR count). The van der Waals surface area contributed by atoms with Crippen LogP contribution in [-0.2, 0) is 0 Å². The van der Waals surface area contributed by atoms with Crippen LogP contribution in [0.1, 0.15) is 5.56 Å². The second-order valence-corrected chi connectivity index (χ2v) is 12.5. The predicted octanol–water partition coefficient (Wildman–Crippen LogP) is 9.61. The van der Waals surface area contributed by atoms with Crippen LogP contribution in [0.15, 0.2) is 170 Å². The fourth-order valence-electron chi connectivity index (χ4n) is 5.62. The van der Waals surface area contributed by atoms with E-state index in [1.807, 2.05) is 18.3 Å². The van der Waals surface area contributed by atoms with Gasteiger partial charge in [-0.1, -0.05) is 140 Å². The zero-order chi connectivity index (χ0) is 29.7. The maximum absolute atomic E-state index is 6.87. The fraction of sp³-hybridized carbons (Fsp3) is 0.0250. The summed E-state index contributed by atoms with van der Waals surface area (Å²) in [6.45, 7) is 2.12. The van der Waals surface area contributed by atoms with Crippen LogP contribution in [0.5, 0.6) is 5.75 Å². The van der Waals surface area contributed by atoms with Crippen molar-refractivity contribution in [1.82, 2.24) is 9.55 Å². The zero-order valence-corrected chi connectivity index (χ0v) is 25.3. The average molecular weight is 587 g/mol. The third kappa shape index (κ3) is 5.71. The predicted molar refractivity (Wildman–Crippen MR) is 184 cm³/mol. The van der Waals surface area contributed by atoms with Crippen molar-refractivity contribution in [2.75, 3.05) is 0 Å². The lowest BCUT2D eigenvalue weighted by Gasteiger charge is -2.21. The molecule has 0 aliphatic rings. The van der Waals surface area contributed by atoms with Gasteiger partial charge >= 0.3 is 0 Å². The molecule has 0 bridgehead atoms. The van der Waals surface area contributed by atoms with Crippen molar-refractivity contribution in [3.8, 4) is 45.1 Å². The standard InChI is InChI=1S/C40H31N2OP/c1-30-27-33(29-34(28-30)43-44(35-19-10-4-11-20-35)36-21-12-5-13-22-36)40-41-25-26-42(40)39-37(31-15-6-2-7-16-31)23-14-24-38(39)32-17-8-3-9-18-32/h2-29H,1H3. The van der Waals surface area contributed by atoms with E-state index in [0.29, 0.717) is 0 Å².